The molecule has 0 bridgehead atoms. The summed E-state index contributed by atoms with van der Waals surface area (Å²) >= 11 is 0. The molecular formula is C17H21N3O2. The normalized spacial score (nSPS) is 10.4. The number of rotatable bonds is 6. The molecular weight excluding hydrogens is 278 g/mol. The highest BCUT2D eigenvalue weighted by molar-refractivity contribution is 5.95. The summed E-state index contributed by atoms with van der Waals surface area (Å²) in [6.07, 6.45) is 3.24. The van der Waals surface area contributed by atoms with E-state index in [1.165, 1.54) is 0 Å². The second kappa shape index (κ2) is 7.45. The number of pyridine rings is 1. The molecule has 116 valence electrons. The van der Waals surface area contributed by atoms with Crippen LogP contribution in [0.15, 0.2) is 42.7 Å². The Morgan fingerprint density at radius 3 is 2.55 bits per heavy atom. The summed E-state index contributed by atoms with van der Waals surface area (Å²) in [6.45, 7) is 6.44. The fourth-order valence-electron chi connectivity index (χ4n) is 1.95. The molecule has 0 aliphatic heterocycles. The molecule has 0 radical (unpaired) electrons. The van der Waals surface area contributed by atoms with Crippen LogP contribution in [0.4, 0.5) is 11.4 Å². The maximum absolute atomic E-state index is 12.0. The standard InChI is InChI=1S/C17H21N3O2/c1-4-22-16-7-5-14(6-8-16)20-15-9-13(10-18-11-15)17(21)19-12(2)3/h5-12,20H,4H2,1-3H3,(H,19,21). The second-order valence-corrected chi connectivity index (χ2v) is 5.17. The summed E-state index contributed by atoms with van der Waals surface area (Å²) in [5.74, 6) is 0.703. The quantitative estimate of drug-likeness (QED) is 0.858. The summed E-state index contributed by atoms with van der Waals surface area (Å²) < 4.78 is 5.41. The number of hydrogen-bond donors (Lipinski definition) is 2. The molecule has 0 fully saturated rings. The average Bonchev–Trinajstić information content (AvgIpc) is 2.49. The molecule has 5 heteroatoms. The first-order chi connectivity index (χ1) is 10.6. The van der Waals surface area contributed by atoms with Crippen LogP contribution in [0.2, 0.25) is 0 Å². The number of nitrogens with one attached hydrogen (secondary N) is 2. The van der Waals surface area contributed by atoms with E-state index in [0.29, 0.717) is 12.2 Å². The molecule has 0 atom stereocenters. The molecule has 22 heavy (non-hydrogen) atoms. The number of ether oxygens (including phenoxy) is 1. The molecule has 0 unspecified atom stereocenters. The molecule has 1 heterocycles. The van der Waals surface area contributed by atoms with E-state index >= 15 is 0 Å². The van der Waals surface area contributed by atoms with Crippen LogP contribution in [0.1, 0.15) is 31.1 Å². The Balaban J connectivity index is 2.08. The van der Waals surface area contributed by atoms with Crippen LogP contribution in [0.25, 0.3) is 0 Å². The lowest BCUT2D eigenvalue weighted by molar-refractivity contribution is 0.0943. The van der Waals surface area contributed by atoms with E-state index in [0.717, 1.165) is 17.1 Å². The summed E-state index contributed by atoms with van der Waals surface area (Å²) in [5.41, 5.74) is 2.21. The number of aromatic nitrogens is 1. The molecule has 1 aromatic carbocycles. The molecule has 1 amide bonds. The molecule has 2 rings (SSSR count). The molecule has 0 aliphatic carbocycles. The van der Waals surface area contributed by atoms with Crippen molar-refractivity contribution in [2.45, 2.75) is 26.8 Å². The van der Waals surface area contributed by atoms with Gasteiger partial charge in [0.2, 0.25) is 0 Å². The van der Waals surface area contributed by atoms with Crippen LogP contribution in [0.5, 0.6) is 5.75 Å². The Hall–Kier alpha value is -2.56. The van der Waals surface area contributed by atoms with Crippen molar-refractivity contribution in [1.82, 2.24) is 10.3 Å². The molecule has 0 spiro atoms. The van der Waals surface area contributed by atoms with E-state index in [-0.39, 0.29) is 11.9 Å². The minimum atomic E-state index is -0.127. The van der Waals surface area contributed by atoms with Gasteiger partial charge in [0, 0.05) is 17.9 Å². The van der Waals surface area contributed by atoms with Crippen molar-refractivity contribution in [2.75, 3.05) is 11.9 Å². The zero-order valence-corrected chi connectivity index (χ0v) is 13.1. The SMILES string of the molecule is CCOc1ccc(Nc2cncc(C(=O)NC(C)C)c2)cc1. The van der Waals surface area contributed by atoms with Crippen molar-refractivity contribution >= 4 is 17.3 Å². The third-order valence-corrected chi connectivity index (χ3v) is 2.87. The monoisotopic (exact) mass is 299 g/mol. The van der Waals surface area contributed by atoms with Gasteiger partial charge >= 0.3 is 0 Å². The van der Waals surface area contributed by atoms with Crippen molar-refractivity contribution in [3.63, 3.8) is 0 Å². The summed E-state index contributed by atoms with van der Waals surface area (Å²) in [7, 11) is 0. The predicted molar refractivity (Wildman–Crippen MR) is 87.7 cm³/mol. The summed E-state index contributed by atoms with van der Waals surface area (Å²) in [6, 6.07) is 9.51. The number of anilines is 2. The zero-order chi connectivity index (χ0) is 15.9. The zero-order valence-electron chi connectivity index (χ0n) is 13.1. The average molecular weight is 299 g/mol. The van der Waals surface area contributed by atoms with Gasteiger partial charge in [0.15, 0.2) is 0 Å². The van der Waals surface area contributed by atoms with Gasteiger partial charge in [-0.05, 0) is 51.1 Å². The van der Waals surface area contributed by atoms with Crippen molar-refractivity contribution in [3.8, 4) is 5.75 Å². The largest absolute Gasteiger partial charge is 0.494 e. The predicted octanol–water partition coefficient (Wildman–Crippen LogP) is 3.36. The van der Waals surface area contributed by atoms with Crippen molar-refractivity contribution in [2.24, 2.45) is 0 Å². The van der Waals surface area contributed by atoms with Crippen molar-refractivity contribution in [1.29, 1.82) is 0 Å². The summed E-state index contributed by atoms with van der Waals surface area (Å²) in [5, 5.41) is 6.07. The first-order valence-electron chi connectivity index (χ1n) is 7.34. The molecule has 5 nitrogen and oxygen atoms in total. The first kappa shape index (κ1) is 15.8. The minimum absolute atomic E-state index is 0.0928. The van der Waals surface area contributed by atoms with Gasteiger partial charge in [-0.3, -0.25) is 9.78 Å². The van der Waals surface area contributed by atoms with Gasteiger partial charge in [0.05, 0.1) is 24.1 Å². The third-order valence-electron chi connectivity index (χ3n) is 2.87. The van der Waals surface area contributed by atoms with Crippen LogP contribution in [0, 0.1) is 0 Å². The van der Waals surface area contributed by atoms with Gasteiger partial charge in [0.25, 0.3) is 5.91 Å². The van der Waals surface area contributed by atoms with Gasteiger partial charge in [-0.2, -0.15) is 0 Å². The minimum Gasteiger partial charge on any atom is -0.494 e. The maximum Gasteiger partial charge on any atom is 0.253 e. The fraction of sp³-hybridized carbons (Fsp3) is 0.294. The highest BCUT2D eigenvalue weighted by atomic mass is 16.5. The van der Waals surface area contributed by atoms with E-state index in [1.807, 2.05) is 45.0 Å². The smallest absolute Gasteiger partial charge is 0.253 e. The lowest BCUT2D eigenvalue weighted by Gasteiger charge is -2.11. The molecule has 0 saturated heterocycles. The Labute approximate surface area is 130 Å². The first-order valence-corrected chi connectivity index (χ1v) is 7.34. The Morgan fingerprint density at radius 1 is 1.18 bits per heavy atom. The number of hydrogen-bond acceptors (Lipinski definition) is 4. The number of carbonyl (C=O) groups excluding carboxylic acids is 1. The fourth-order valence-corrected chi connectivity index (χ4v) is 1.95. The Morgan fingerprint density at radius 2 is 1.91 bits per heavy atom. The number of benzene rings is 1. The third kappa shape index (κ3) is 4.48. The van der Waals surface area contributed by atoms with Crippen LogP contribution in [-0.4, -0.2) is 23.5 Å². The van der Waals surface area contributed by atoms with Gasteiger partial charge in [-0.1, -0.05) is 0 Å². The number of amides is 1. The number of carbonyl (C=O) groups is 1. The van der Waals surface area contributed by atoms with Crippen LogP contribution in [-0.2, 0) is 0 Å². The molecule has 0 aliphatic rings. The second-order valence-electron chi connectivity index (χ2n) is 5.17. The lowest BCUT2D eigenvalue weighted by atomic mass is 10.2. The number of nitrogens with zero attached hydrogens (tertiary/aromatic N) is 1. The van der Waals surface area contributed by atoms with Crippen LogP contribution in [0.3, 0.4) is 0 Å². The van der Waals surface area contributed by atoms with E-state index in [9.17, 15) is 4.79 Å². The molecule has 2 aromatic rings. The van der Waals surface area contributed by atoms with Crippen molar-refractivity contribution in [3.05, 3.63) is 48.3 Å². The van der Waals surface area contributed by atoms with E-state index in [4.69, 9.17) is 4.74 Å². The maximum atomic E-state index is 12.0. The highest BCUT2D eigenvalue weighted by Gasteiger charge is 2.08. The van der Waals surface area contributed by atoms with Gasteiger partial charge in [-0.15, -0.1) is 0 Å². The van der Waals surface area contributed by atoms with E-state index in [1.54, 1.807) is 18.5 Å². The topological polar surface area (TPSA) is 63.2 Å². The van der Waals surface area contributed by atoms with Crippen LogP contribution < -0.4 is 15.4 Å². The molecule has 2 N–H and O–H groups in total. The Kier molecular flexibility index (Phi) is 5.36. The summed E-state index contributed by atoms with van der Waals surface area (Å²) in [4.78, 5) is 16.1. The molecule has 0 saturated carbocycles. The lowest BCUT2D eigenvalue weighted by Crippen LogP contribution is -2.30. The Bertz CT molecular complexity index is 624. The van der Waals surface area contributed by atoms with E-state index < -0.39 is 0 Å². The van der Waals surface area contributed by atoms with Crippen LogP contribution >= 0.6 is 0 Å². The molecule has 1 aromatic heterocycles. The van der Waals surface area contributed by atoms with Crippen molar-refractivity contribution < 1.29 is 9.53 Å². The highest BCUT2D eigenvalue weighted by Crippen LogP contribution is 2.20. The van der Waals surface area contributed by atoms with Gasteiger partial charge in [-0.25, -0.2) is 0 Å². The van der Waals surface area contributed by atoms with Gasteiger partial charge in [0.1, 0.15) is 5.75 Å². The van der Waals surface area contributed by atoms with Gasteiger partial charge < -0.3 is 15.4 Å². The van der Waals surface area contributed by atoms with E-state index in [2.05, 4.69) is 15.6 Å².